The van der Waals surface area contributed by atoms with E-state index in [9.17, 15) is 24.3 Å². The summed E-state index contributed by atoms with van der Waals surface area (Å²) >= 11 is 2.25. The number of thiazole rings is 1. The average molecular weight is 478 g/mol. The van der Waals surface area contributed by atoms with E-state index in [2.05, 4.69) is 15.5 Å². The second kappa shape index (κ2) is 9.32. The predicted molar refractivity (Wildman–Crippen MR) is 108 cm³/mol. The van der Waals surface area contributed by atoms with Gasteiger partial charge in [-0.05, 0) is 0 Å². The number of hydrogen-bond donors (Lipinski definition) is 4. The summed E-state index contributed by atoms with van der Waals surface area (Å²) in [5.41, 5.74) is 5.13. The van der Waals surface area contributed by atoms with E-state index in [-0.39, 0.29) is 46.9 Å². The SMILES string of the molecule is CC(=O)OCC1=C(C(=O)O)N2C(=O)C(NC(=O)C(=NO)c3csc(N)n3)[C@@H]2SC1.Cl. The maximum atomic E-state index is 12.5. The maximum Gasteiger partial charge on any atom is 0.352 e. The van der Waals surface area contributed by atoms with Crippen LogP contribution in [0.1, 0.15) is 12.6 Å². The van der Waals surface area contributed by atoms with Gasteiger partial charge < -0.3 is 26.1 Å². The van der Waals surface area contributed by atoms with Crippen LogP contribution < -0.4 is 11.1 Å². The third-order valence-electron chi connectivity index (χ3n) is 4.07. The Bertz CT molecular complexity index is 963. The summed E-state index contributed by atoms with van der Waals surface area (Å²) in [6, 6.07) is -1.02. The van der Waals surface area contributed by atoms with E-state index < -0.39 is 40.9 Å². The molecule has 30 heavy (non-hydrogen) atoms. The number of carbonyl (C=O) groups excluding carboxylic acids is 3. The molecule has 3 rings (SSSR count). The number of esters is 1. The zero-order valence-electron chi connectivity index (χ0n) is 15.2. The summed E-state index contributed by atoms with van der Waals surface area (Å²) in [5, 5.41) is 24.9. The molecule has 2 amide bonds. The quantitative estimate of drug-likeness (QED) is 0.138. The standard InChI is InChI=1S/C15H15N5O7S2.ClH/c1-5(21)27-2-6-3-28-13-9(12(23)20(13)10(6)14(24)25)18-11(22)8(19-26)7-4-29-15(16)17-7;/h4,9,13,26H,2-3H2,1H3,(H2,16,17)(H,18,22)(H,24,25);1H/t9?,13-;/m0./s1. The number of rotatable bonds is 6. The summed E-state index contributed by atoms with van der Waals surface area (Å²) in [6.07, 6.45) is 0. The number of hydrogen-bond acceptors (Lipinski definition) is 11. The van der Waals surface area contributed by atoms with Crippen LogP contribution in [0.5, 0.6) is 0 Å². The van der Waals surface area contributed by atoms with Crippen molar-refractivity contribution in [2.75, 3.05) is 18.1 Å². The number of carboxylic acid groups (broad SMARTS) is 1. The maximum absolute atomic E-state index is 12.5. The van der Waals surface area contributed by atoms with Crippen LogP contribution in [-0.2, 0) is 23.9 Å². The number of oxime groups is 1. The number of nitrogens with two attached hydrogens (primary N) is 1. The van der Waals surface area contributed by atoms with Crippen molar-refractivity contribution in [3.8, 4) is 0 Å². The molecule has 1 saturated heterocycles. The van der Waals surface area contributed by atoms with Crippen molar-refractivity contribution in [2.24, 2.45) is 5.16 Å². The van der Waals surface area contributed by atoms with Crippen LogP contribution in [0.4, 0.5) is 5.13 Å². The van der Waals surface area contributed by atoms with Crippen molar-refractivity contribution in [2.45, 2.75) is 18.3 Å². The fourth-order valence-electron chi connectivity index (χ4n) is 2.80. The lowest BCUT2D eigenvalue weighted by Gasteiger charge is -2.49. The van der Waals surface area contributed by atoms with E-state index in [0.29, 0.717) is 0 Å². The highest BCUT2D eigenvalue weighted by Crippen LogP contribution is 2.40. The molecule has 12 nitrogen and oxygen atoms in total. The summed E-state index contributed by atoms with van der Waals surface area (Å²) < 4.78 is 4.85. The Hall–Kier alpha value is -2.84. The van der Waals surface area contributed by atoms with Gasteiger partial charge in [0.1, 0.15) is 29.4 Å². The Kier molecular flexibility index (Phi) is 7.28. The molecule has 2 atom stereocenters. The molecule has 1 unspecified atom stereocenters. The van der Waals surface area contributed by atoms with Gasteiger partial charge in [0.2, 0.25) is 0 Å². The minimum Gasteiger partial charge on any atom is -0.477 e. The van der Waals surface area contributed by atoms with Gasteiger partial charge in [-0.15, -0.1) is 35.5 Å². The highest BCUT2D eigenvalue weighted by atomic mass is 35.5. The van der Waals surface area contributed by atoms with Crippen LogP contribution in [0.2, 0.25) is 0 Å². The topological polar surface area (TPSA) is 185 Å². The van der Waals surface area contributed by atoms with Crippen molar-refractivity contribution in [3.05, 3.63) is 22.3 Å². The van der Waals surface area contributed by atoms with Crippen LogP contribution >= 0.6 is 35.5 Å². The molecule has 0 radical (unpaired) electrons. The van der Waals surface area contributed by atoms with Crippen LogP contribution in [0, 0.1) is 0 Å². The number of fused-ring (bicyclic) bond motifs is 1. The number of aliphatic carboxylic acids is 1. The molecule has 0 aliphatic carbocycles. The monoisotopic (exact) mass is 477 g/mol. The Morgan fingerprint density at radius 2 is 2.17 bits per heavy atom. The molecular weight excluding hydrogens is 462 g/mol. The largest absolute Gasteiger partial charge is 0.477 e. The number of carboxylic acids is 1. The molecule has 0 aromatic carbocycles. The molecule has 2 aliphatic heterocycles. The smallest absolute Gasteiger partial charge is 0.352 e. The zero-order valence-corrected chi connectivity index (χ0v) is 17.7. The van der Waals surface area contributed by atoms with Gasteiger partial charge in [0.25, 0.3) is 11.8 Å². The molecule has 15 heteroatoms. The molecule has 5 N–H and O–H groups in total. The molecule has 1 aromatic rings. The first-order chi connectivity index (χ1) is 13.7. The van der Waals surface area contributed by atoms with Gasteiger partial charge in [0.15, 0.2) is 10.8 Å². The lowest BCUT2D eigenvalue weighted by molar-refractivity contribution is -0.150. The third-order valence-corrected chi connectivity index (χ3v) is 6.08. The lowest BCUT2D eigenvalue weighted by Crippen LogP contribution is -2.71. The van der Waals surface area contributed by atoms with Crippen LogP contribution in [0.25, 0.3) is 0 Å². The number of anilines is 1. The second-order valence-corrected chi connectivity index (χ2v) is 7.91. The number of nitrogens with zero attached hydrogens (tertiary/aromatic N) is 3. The van der Waals surface area contributed by atoms with Gasteiger partial charge >= 0.3 is 11.9 Å². The average Bonchev–Trinajstić information content (AvgIpc) is 3.09. The summed E-state index contributed by atoms with van der Waals surface area (Å²) in [7, 11) is 0. The van der Waals surface area contributed by atoms with Crippen LogP contribution in [-0.4, -0.2) is 73.4 Å². The van der Waals surface area contributed by atoms with E-state index in [1.54, 1.807) is 0 Å². The fourth-order valence-corrected chi connectivity index (χ4v) is 4.68. The first-order valence-corrected chi connectivity index (χ1v) is 9.95. The van der Waals surface area contributed by atoms with E-state index in [1.807, 2.05) is 0 Å². The number of amides is 2. The van der Waals surface area contributed by atoms with E-state index in [0.717, 1.165) is 16.2 Å². The number of halogens is 1. The molecule has 1 aromatic heterocycles. The normalized spacial score (nSPS) is 20.6. The summed E-state index contributed by atoms with van der Waals surface area (Å²) in [5.74, 6) is -3.23. The zero-order chi connectivity index (χ0) is 21.3. The number of aromatic nitrogens is 1. The van der Waals surface area contributed by atoms with Crippen LogP contribution in [0.15, 0.2) is 21.8 Å². The number of carbonyl (C=O) groups is 4. The number of nitrogen functional groups attached to an aromatic ring is 1. The molecule has 0 bridgehead atoms. The number of ether oxygens (including phenoxy) is 1. The van der Waals surface area contributed by atoms with E-state index >= 15 is 0 Å². The highest BCUT2D eigenvalue weighted by molar-refractivity contribution is 8.00. The first-order valence-electron chi connectivity index (χ1n) is 8.02. The molecule has 0 saturated carbocycles. The minimum absolute atomic E-state index is 0. The van der Waals surface area contributed by atoms with Gasteiger partial charge in [-0.2, -0.15) is 0 Å². The molecular formula is C15H16ClN5O7S2. The van der Waals surface area contributed by atoms with Gasteiger partial charge in [-0.25, -0.2) is 9.78 Å². The fraction of sp³-hybridized carbons (Fsp3) is 0.333. The molecule has 2 aliphatic rings. The van der Waals surface area contributed by atoms with Gasteiger partial charge in [-0.1, -0.05) is 5.16 Å². The number of thioether (sulfide) groups is 1. The summed E-state index contributed by atoms with van der Waals surface area (Å²) in [4.78, 5) is 52.5. The highest BCUT2D eigenvalue weighted by Gasteiger charge is 2.54. The Morgan fingerprint density at radius 3 is 2.70 bits per heavy atom. The molecule has 0 spiro atoms. The van der Waals surface area contributed by atoms with Crippen molar-refractivity contribution < 1.29 is 34.2 Å². The predicted octanol–water partition coefficient (Wildman–Crippen LogP) is -0.373. The third kappa shape index (κ3) is 4.34. The van der Waals surface area contributed by atoms with Crippen LogP contribution in [0.3, 0.4) is 0 Å². The Labute approximate surface area is 183 Å². The van der Waals surface area contributed by atoms with Gasteiger partial charge in [0, 0.05) is 23.6 Å². The van der Waals surface area contributed by atoms with Crippen molar-refractivity contribution >= 4 is 70.1 Å². The van der Waals surface area contributed by atoms with Gasteiger partial charge in [0.05, 0.1) is 0 Å². The Balaban J connectivity index is 0.00000320. The van der Waals surface area contributed by atoms with E-state index in [1.165, 1.54) is 24.1 Å². The minimum atomic E-state index is -1.34. The van der Waals surface area contributed by atoms with Gasteiger partial charge in [-0.3, -0.25) is 19.3 Å². The van der Waals surface area contributed by atoms with E-state index in [4.69, 9.17) is 15.7 Å². The lowest BCUT2D eigenvalue weighted by atomic mass is 10.0. The molecule has 162 valence electrons. The first kappa shape index (κ1) is 23.4. The molecule has 1 fully saturated rings. The number of nitrogens with one attached hydrogen (secondary N) is 1. The second-order valence-electron chi connectivity index (χ2n) is 5.92. The van der Waals surface area contributed by atoms with Crippen molar-refractivity contribution in [1.82, 2.24) is 15.2 Å². The summed E-state index contributed by atoms with van der Waals surface area (Å²) in [6.45, 7) is 0.945. The van der Waals surface area contributed by atoms with Crippen molar-refractivity contribution in [3.63, 3.8) is 0 Å². The number of β-lactam (4-membered cyclic amide) rings is 1. The van der Waals surface area contributed by atoms with Crippen molar-refractivity contribution in [1.29, 1.82) is 0 Å². The molecule has 3 heterocycles. The Morgan fingerprint density at radius 1 is 1.47 bits per heavy atom.